The van der Waals surface area contributed by atoms with E-state index in [0.29, 0.717) is 18.4 Å². The Balaban J connectivity index is 1.28. The maximum atomic E-state index is 12.1. The summed E-state index contributed by atoms with van der Waals surface area (Å²) in [5.41, 5.74) is 3.65. The van der Waals surface area contributed by atoms with Gasteiger partial charge in [-0.1, -0.05) is 0 Å². The molecule has 2 aromatic rings. The molecule has 6 heteroatoms. The Bertz CT molecular complexity index is 836. The lowest BCUT2D eigenvalue weighted by Gasteiger charge is -2.40. The third kappa shape index (κ3) is 2.41. The zero-order chi connectivity index (χ0) is 16.1. The highest BCUT2D eigenvalue weighted by molar-refractivity contribution is 5.52. The summed E-state index contributed by atoms with van der Waals surface area (Å²) in [5.74, 6) is 2.16. The van der Waals surface area contributed by atoms with E-state index in [9.17, 15) is 4.79 Å². The summed E-state index contributed by atoms with van der Waals surface area (Å²) in [4.78, 5) is 23.3. The summed E-state index contributed by atoms with van der Waals surface area (Å²) >= 11 is 0. The molecule has 0 spiro atoms. The highest BCUT2D eigenvalue weighted by Gasteiger charge is 2.32. The third-order valence-corrected chi connectivity index (χ3v) is 5.42. The minimum atomic E-state index is 0.0146. The largest absolute Gasteiger partial charge is 0.355 e. The highest BCUT2D eigenvalue weighted by atomic mass is 16.1. The average molecular weight is 323 g/mol. The summed E-state index contributed by atoms with van der Waals surface area (Å²) in [7, 11) is 0. The quantitative estimate of drug-likeness (QED) is 0.854. The maximum absolute atomic E-state index is 12.1. The molecule has 0 bridgehead atoms. The lowest BCUT2D eigenvalue weighted by atomic mass is 9.99. The van der Waals surface area contributed by atoms with Gasteiger partial charge < -0.3 is 4.90 Å². The topological polar surface area (TPSA) is 63.9 Å². The van der Waals surface area contributed by atoms with Crippen LogP contribution in [0.15, 0.2) is 23.3 Å². The van der Waals surface area contributed by atoms with E-state index < -0.39 is 0 Å². The van der Waals surface area contributed by atoms with Crippen molar-refractivity contribution >= 4 is 5.82 Å². The van der Waals surface area contributed by atoms with Crippen molar-refractivity contribution in [1.29, 1.82) is 0 Å². The van der Waals surface area contributed by atoms with E-state index in [2.05, 4.69) is 20.0 Å². The van der Waals surface area contributed by atoms with Crippen LogP contribution >= 0.6 is 0 Å². The van der Waals surface area contributed by atoms with Crippen LogP contribution < -0.4 is 10.5 Å². The van der Waals surface area contributed by atoms with Crippen molar-refractivity contribution < 1.29 is 0 Å². The van der Waals surface area contributed by atoms with E-state index in [1.807, 2.05) is 6.07 Å². The fourth-order valence-corrected chi connectivity index (χ4v) is 3.91. The molecule has 0 amide bonds. The van der Waals surface area contributed by atoms with Crippen molar-refractivity contribution in [2.45, 2.75) is 44.6 Å². The summed E-state index contributed by atoms with van der Waals surface area (Å²) in [6.45, 7) is 2.61. The summed E-state index contributed by atoms with van der Waals surface area (Å²) < 4.78 is 1.67. The van der Waals surface area contributed by atoms with E-state index >= 15 is 0 Å². The van der Waals surface area contributed by atoms with Crippen LogP contribution in [-0.2, 0) is 19.4 Å². The second-order valence-corrected chi connectivity index (χ2v) is 7.30. The van der Waals surface area contributed by atoms with E-state index in [0.717, 1.165) is 37.4 Å². The summed E-state index contributed by atoms with van der Waals surface area (Å²) in [6, 6.07) is 3.57. The van der Waals surface area contributed by atoms with E-state index in [4.69, 9.17) is 0 Å². The summed E-state index contributed by atoms with van der Waals surface area (Å²) in [5, 5.41) is 4.57. The predicted octanol–water partition coefficient (Wildman–Crippen LogP) is 1.54. The molecular weight excluding hydrogens is 302 g/mol. The standard InChI is InChI=1S/C18H21N5O/c24-17-7-6-15(13-4-5-13)21-23(17)10-12-8-22(9-12)18-14-2-1-3-16(14)19-11-20-18/h6-7,11-13H,1-5,8-10H2. The van der Waals surface area contributed by atoms with Gasteiger partial charge in [0.05, 0.1) is 12.2 Å². The molecule has 1 saturated heterocycles. The van der Waals surface area contributed by atoms with Crippen LogP contribution in [0.5, 0.6) is 0 Å². The molecule has 0 unspecified atom stereocenters. The zero-order valence-corrected chi connectivity index (χ0v) is 13.7. The van der Waals surface area contributed by atoms with Crippen LogP contribution in [0, 0.1) is 5.92 Å². The van der Waals surface area contributed by atoms with Crippen LogP contribution in [0.2, 0.25) is 0 Å². The molecule has 124 valence electrons. The highest BCUT2D eigenvalue weighted by Crippen LogP contribution is 2.38. The molecule has 3 aliphatic rings. The Kier molecular flexibility index (Phi) is 3.18. The van der Waals surface area contributed by atoms with Gasteiger partial charge >= 0.3 is 0 Å². The first kappa shape index (κ1) is 14.1. The normalized spacial score (nSPS) is 20.1. The monoisotopic (exact) mass is 323 g/mol. The van der Waals surface area contributed by atoms with Gasteiger partial charge in [0.25, 0.3) is 5.56 Å². The SMILES string of the molecule is O=c1ccc(C2CC2)nn1CC1CN(c2ncnc3c2CCC3)C1. The smallest absolute Gasteiger partial charge is 0.266 e. The number of fused-ring (bicyclic) bond motifs is 1. The first-order valence-electron chi connectivity index (χ1n) is 8.93. The van der Waals surface area contributed by atoms with Crippen molar-refractivity contribution in [3.8, 4) is 0 Å². The Labute approximate surface area is 140 Å². The third-order valence-electron chi connectivity index (χ3n) is 5.42. The lowest BCUT2D eigenvalue weighted by molar-refractivity contribution is 0.330. The van der Waals surface area contributed by atoms with Crippen molar-refractivity contribution in [3.05, 3.63) is 45.8 Å². The number of hydrogen-bond acceptors (Lipinski definition) is 5. The van der Waals surface area contributed by atoms with Gasteiger partial charge in [-0.15, -0.1) is 0 Å². The van der Waals surface area contributed by atoms with Crippen LogP contribution in [0.25, 0.3) is 0 Å². The van der Waals surface area contributed by atoms with Gasteiger partial charge in [0, 0.05) is 42.2 Å². The molecule has 6 nitrogen and oxygen atoms in total. The first-order valence-corrected chi connectivity index (χ1v) is 8.93. The lowest BCUT2D eigenvalue weighted by Crippen LogP contribution is -2.50. The Morgan fingerprint density at radius 3 is 2.83 bits per heavy atom. The molecule has 2 aromatic heterocycles. The van der Waals surface area contributed by atoms with Gasteiger partial charge in [-0.25, -0.2) is 14.6 Å². The Morgan fingerprint density at radius 1 is 1.12 bits per heavy atom. The van der Waals surface area contributed by atoms with Crippen LogP contribution in [0.4, 0.5) is 5.82 Å². The van der Waals surface area contributed by atoms with Gasteiger partial charge in [0.1, 0.15) is 12.1 Å². The van der Waals surface area contributed by atoms with Gasteiger partial charge in [0.15, 0.2) is 0 Å². The number of rotatable bonds is 4. The molecule has 1 saturated carbocycles. The van der Waals surface area contributed by atoms with Crippen molar-refractivity contribution in [3.63, 3.8) is 0 Å². The molecule has 1 aliphatic heterocycles. The zero-order valence-electron chi connectivity index (χ0n) is 13.7. The van der Waals surface area contributed by atoms with E-state index in [1.54, 1.807) is 17.1 Å². The van der Waals surface area contributed by atoms with Crippen molar-refractivity contribution in [1.82, 2.24) is 19.7 Å². The molecule has 0 N–H and O–H groups in total. The van der Waals surface area contributed by atoms with Crippen molar-refractivity contribution in [2.24, 2.45) is 5.92 Å². The molecule has 24 heavy (non-hydrogen) atoms. The summed E-state index contributed by atoms with van der Waals surface area (Å²) in [6.07, 6.45) is 7.47. The predicted molar refractivity (Wildman–Crippen MR) is 90.2 cm³/mol. The minimum absolute atomic E-state index is 0.0146. The maximum Gasteiger partial charge on any atom is 0.266 e. The van der Waals surface area contributed by atoms with Crippen LogP contribution in [0.1, 0.15) is 42.1 Å². The number of nitrogens with zero attached hydrogens (tertiary/aromatic N) is 5. The van der Waals surface area contributed by atoms with E-state index in [-0.39, 0.29) is 5.56 Å². The molecular formula is C18H21N5O. The molecule has 2 fully saturated rings. The Hall–Kier alpha value is -2.24. The van der Waals surface area contributed by atoms with Gasteiger partial charge in [-0.3, -0.25) is 4.79 Å². The molecule has 0 radical (unpaired) electrons. The molecule has 3 heterocycles. The number of aryl methyl sites for hydroxylation is 1. The molecule has 0 aromatic carbocycles. The number of anilines is 1. The minimum Gasteiger partial charge on any atom is -0.355 e. The van der Waals surface area contributed by atoms with Gasteiger partial charge in [-0.2, -0.15) is 5.10 Å². The number of aromatic nitrogens is 4. The second kappa shape index (κ2) is 5.40. The molecule has 5 rings (SSSR count). The molecule has 0 atom stereocenters. The fourth-order valence-electron chi connectivity index (χ4n) is 3.91. The molecule has 2 aliphatic carbocycles. The van der Waals surface area contributed by atoms with Gasteiger partial charge in [-0.05, 0) is 38.2 Å². The number of hydrogen-bond donors (Lipinski definition) is 0. The van der Waals surface area contributed by atoms with Crippen molar-refractivity contribution in [2.75, 3.05) is 18.0 Å². The van der Waals surface area contributed by atoms with E-state index in [1.165, 1.54) is 30.5 Å². The van der Waals surface area contributed by atoms with Crippen LogP contribution in [-0.4, -0.2) is 32.8 Å². The average Bonchev–Trinajstić information content (AvgIpc) is 3.29. The fraction of sp³-hybridized carbons (Fsp3) is 0.556. The first-order chi connectivity index (χ1) is 11.8. The van der Waals surface area contributed by atoms with Crippen LogP contribution in [0.3, 0.4) is 0 Å². The Morgan fingerprint density at radius 2 is 2.00 bits per heavy atom. The second-order valence-electron chi connectivity index (χ2n) is 7.30. The van der Waals surface area contributed by atoms with Gasteiger partial charge in [0.2, 0.25) is 0 Å².